The molecule has 0 fully saturated rings. The molecular formula is C14H13BN2. The summed E-state index contributed by atoms with van der Waals surface area (Å²) >= 11 is 0. The topological polar surface area (TPSA) is 28.7 Å². The molecule has 1 heterocycles. The number of fused-ring (bicyclic) bond motifs is 1. The molecule has 0 saturated heterocycles. The van der Waals surface area contributed by atoms with E-state index in [2.05, 4.69) is 47.4 Å². The number of nitrogens with one attached hydrogen (secondary N) is 1. The van der Waals surface area contributed by atoms with E-state index in [0.717, 1.165) is 18.5 Å². The lowest BCUT2D eigenvalue weighted by Crippen LogP contribution is -2.08. The largest absolute Gasteiger partial charge is 0.277 e. The average Bonchev–Trinajstić information content (AvgIpc) is 2.83. The molecule has 1 aromatic heterocycles. The maximum Gasteiger partial charge on any atom is 0.154 e. The zero-order chi connectivity index (χ0) is 11.7. The molecule has 3 heteroatoms. The fourth-order valence-electron chi connectivity index (χ4n) is 2.08. The normalized spacial score (nSPS) is 10.6. The number of H-pyrrole nitrogens is 1. The van der Waals surface area contributed by atoms with Crippen LogP contribution >= 0.6 is 0 Å². The lowest BCUT2D eigenvalue weighted by atomic mass is 9.73. The van der Waals surface area contributed by atoms with Crippen molar-refractivity contribution >= 4 is 23.6 Å². The molecule has 0 unspecified atom stereocenters. The number of aromatic nitrogens is 2. The van der Waals surface area contributed by atoms with Crippen LogP contribution in [0.25, 0.3) is 22.2 Å². The van der Waals surface area contributed by atoms with Gasteiger partial charge in [-0.05, 0) is 6.07 Å². The second kappa shape index (κ2) is 4.09. The Morgan fingerprint density at radius 3 is 2.53 bits per heavy atom. The summed E-state index contributed by atoms with van der Waals surface area (Å²) in [6.07, 6.45) is 0. The number of hydrogen-bond acceptors (Lipinski definition) is 1. The van der Waals surface area contributed by atoms with Crippen LogP contribution in [-0.2, 0) is 0 Å². The predicted molar refractivity (Wildman–Crippen MR) is 74.2 cm³/mol. The van der Waals surface area contributed by atoms with E-state index in [4.69, 9.17) is 0 Å². The van der Waals surface area contributed by atoms with Crippen LogP contribution in [0.2, 0.25) is 6.82 Å². The Balaban J connectivity index is 2.13. The Morgan fingerprint density at radius 2 is 1.76 bits per heavy atom. The summed E-state index contributed by atoms with van der Waals surface area (Å²) in [4.78, 5) is 0. The molecule has 0 amide bonds. The third-order valence-corrected chi connectivity index (χ3v) is 3.11. The van der Waals surface area contributed by atoms with E-state index in [9.17, 15) is 0 Å². The third-order valence-electron chi connectivity index (χ3n) is 3.11. The van der Waals surface area contributed by atoms with Gasteiger partial charge in [0, 0.05) is 10.9 Å². The molecule has 0 saturated carbocycles. The number of para-hydroxylation sites is 1. The van der Waals surface area contributed by atoms with Gasteiger partial charge in [0.15, 0.2) is 7.28 Å². The summed E-state index contributed by atoms with van der Waals surface area (Å²) in [5.41, 5.74) is 4.64. The first-order valence-electron chi connectivity index (χ1n) is 5.91. The lowest BCUT2D eigenvalue weighted by Gasteiger charge is -1.99. The van der Waals surface area contributed by atoms with Crippen LogP contribution in [0.3, 0.4) is 0 Å². The highest BCUT2D eigenvalue weighted by molar-refractivity contribution is 6.51. The van der Waals surface area contributed by atoms with Crippen molar-refractivity contribution in [3.05, 3.63) is 48.5 Å². The summed E-state index contributed by atoms with van der Waals surface area (Å²) < 4.78 is 0. The van der Waals surface area contributed by atoms with Crippen molar-refractivity contribution in [1.82, 2.24) is 10.2 Å². The Kier molecular flexibility index (Phi) is 2.44. The van der Waals surface area contributed by atoms with Gasteiger partial charge in [-0.3, -0.25) is 5.10 Å². The quantitative estimate of drug-likeness (QED) is 0.659. The van der Waals surface area contributed by atoms with Crippen LogP contribution in [-0.4, -0.2) is 17.5 Å². The minimum atomic E-state index is 1.03. The number of benzene rings is 2. The molecule has 0 spiro atoms. The van der Waals surface area contributed by atoms with Crippen LogP contribution in [0.4, 0.5) is 0 Å². The Labute approximate surface area is 101 Å². The van der Waals surface area contributed by atoms with Gasteiger partial charge in [0.2, 0.25) is 0 Å². The minimum absolute atomic E-state index is 1.03. The molecule has 82 valence electrons. The van der Waals surface area contributed by atoms with Crippen LogP contribution in [0.5, 0.6) is 0 Å². The Hall–Kier alpha value is -2.03. The van der Waals surface area contributed by atoms with E-state index < -0.39 is 0 Å². The summed E-state index contributed by atoms with van der Waals surface area (Å²) in [6, 6.07) is 16.8. The van der Waals surface area contributed by atoms with Gasteiger partial charge in [0.25, 0.3) is 0 Å². The summed E-state index contributed by atoms with van der Waals surface area (Å²) in [6.45, 7) is 2.17. The van der Waals surface area contributed by atoms with Gasteiger partial charge in [-0.1, -0.05) is 54.8 Å². The van der Waals surface area contributed by atoms with Crippen LogP contribution in [0.15, 0.2) is 48.5 Å². The Morgan fingerprint density at radius 1 is 1.00 bits per heavy atom. The second-order valence-corrected chi connectivity index (χ2v) is 4.17. The lowest BCUT2D eigenvalue weighted by molar-refractivity contribution is 1.12. The first-order valence-corrected chi connectivity index (χ1v) is 5.91. The molecule has 0 bridgehead atoms. The molecule has 3 aromatic rings. The summed E-state index contributed by atoms with van der Waals surface area (Å²) in [5.74, 6) is 0. The van der Waals surface area contributed by atoms with E-state index in [1.165, 1.54) is 16.4 Å². The number of hydrogen-bond donors (Lipinski definition) is 1. The summed E-state index contributed by atoms with van der Waals surface area (Å²) in [7, 11) is 1.07. The summed E-state index contributed by atoms with van der Waals surface area (Å²) in [5, 5.41) is 8.64. The van der Waals surface area contributed by atoms with Crippen molar-refractivity contribution in [2.45, 2.75) is 6.82 Å². The zero-order valence-corrected chi connectivity index (χ0v) is 9.77. The molecule has 17 heavy (non-hydrogen) atoms. The van der Waals surface area contributed by atoms with Crippen LogP contribution in [0.1, 0.15) is 0 Å². The number of aromatic amines is 1. The third kappa shape index (κ3) is 1.74. The van der Waals surface area contributed by atoms with Gasteiger partial charge in [-0.25, -0.2) is 0 Å². The number of nitrogens with zero attached hydrogens (tertiary/aromatic N) is 1. The fraction of sp³-hybridized carbons (Fsp3) is 0.0714. The standard InChI is InChI=1S/C14H13BN2/c1-15-11-8-6-10(7-9-11)14-12-4-2-3-5-13(12)16-17-14/h2-9,15H,1H3,(H,16,17). The molecule has 0 aliphatic rings. The molecule has 2 nitrogen and oxygen atoms in total. The van der Waals surface area contributed by atoms with E-state index in [-0.39, 0.29) is 0 Å². The first kappa shape index (κ1) is 10.1. The van der Waals surface area contributed by atoms with Crippen LogP contribution in [0, 0.1) is 0 Å². The predicted octanol–water partition coefficient (Wildman–Crippen LogP) is 2.34. The van der Waals surface area contributed by atoms with Crippen molar-refractivity contribution in [1.29, 1.82) is 0 Å². The van der Waals surface area contributed by atoms with E-state index in [1.54, 1.807) is 0 Å². The smallest absolute Gasteiger partial charge is 0.154 e. The molecule has 1 N–H and O–H groups in total. The van der Waals surface area contributed by atoms with Crippen molar-refractivity contribution in [3.8, 4) is 11.3 Å². The van der Waals surface area contributed by atoms with Gasteiger partial charge in [-0.2, -0.15) is 5.10 Å². The van der Waals surface area contributed by atoms with E-state index in [1.807, 2.05) is 18.2 Å². The SMILES string of the molecule is CBc1ccc(-c2n[nH]c3ccccc23)cc1. The molecule has 0 radical (unpaired) electrons. The van der Waals surface area contributed by atoms with Crippen molar-refractivity contribution in [2.75, 3.05) is 0 Å². The van der Waals surface area contributed by atoms with Gasteiger partial charge < -0.3 is 0 Å². The van der Waals surface area contributed by atoms with Crippen molar-refractivity contribution in [2.24, 2.45) is 0 Å². The Bertz CT molecular complexity index is 641. The molecule has 0 aliphatic carbocycles. The van der Waals surface area contributed by atoms with Crippen molar-refractivity contribution in [3.63, 3.8) is 0 Å². The van der Waals surface area contributed by atoms with Crippen molar-refractivity contribution < 1.29 is 0 Å². The van der Waals surface area contributed by atoms with Gasteiger partial charge >= 0.3 is 0 Å². The van der Waals surface area contributed by atoms with Gasteiger partial charge in [-0.15, -0.1) is 0 Å². The highest BCUT2D eigenvalue weighted by Crippen LogP contribution is 2.25. The zero-order valence-electron chi connectivity index (χ0n) is 9.77. The monoisotopic (exact) mass is 220 g/mol. The molecular weight excluding hydrogens is 207 g/mol. The fourth-order valence-corrected chi connectivity index (χ4v) is 2.08. The van der Waals surface area contributed by atoms with Gasteiger partial charge in [0.05, 0.1) is 11.2 Å². The average molecular weight is 220 g/mol. The first-order chi connectivity index (χ1) is 8.38. The maximum atomic E-state index is 4.40. The molecule has 3 rings (SSSR count). The maximum absolute atomic E-state index is 4.40. The van der Waals surface area contributed by atoms with Crippen LogP contribution < -0.4 is 5.46 Å². The number of rotatable bonds is 2. The molecule has 0 aliphatic heterocycles. The second-order valence-electron chi connectivity index (χ2n) is 4.17. The highest BCUT2D eigenvalue weighted by atomic mass is 15.1. The molecule has 2 aromatic carbocycles. The van der Waals surface area contributed by atoms with Gasteiger partial charge in [0.1, 0.15) is 0 Å². The minimum Gasteiger partial charge on any atom is -0.277 e. The van der Waals surface area contributed by atoms with E-state index >= 15 is 0 Å². The molecule has 0 atom stereocenters. The van der Waals surface area contributed by atoms with E-state index in [0.29, 0.717) is 0 Å². The highest BCUT2D eigenvalue weighted by Gasteiger charge is 2.06.